The predicted octanol–water partition coefficient (Wildman–Crippen LogP) is 9.67. The van der Waals surface area contributed by atoms with Crippen molar-refractivity contribution in [3.63, 3.8) is 0 Å². The number of aromatic amines is 2. The Labute approximate surface area is 339 Å². The first-order valence-corrected chi connectivity index (χ1v) is 20.3. The third-order valence-electron chi connectivity index (χ3n) is 10.9. The predicted molar refractivity (Wildman–Crippen MR) is 231 cm³/mol. The summed E-state index contributed by atoms with van der Waals surface area (Å²) in [6, 6.07) is 29.5. The quantitative estimate of drug-likeness (QED) is 0.0949. The third kappa shape index (κ3) is 8.68. The van der Waals surface area contributed by atoms with Crippen LogP contribution in [0.25, 0.3) is 54.7 Å². The first kappa shape index (κ1) is 40.0. The zero-order valence-corrected chi connectivity index (χ0v) is 34.3. The number of carbonyl (C=O) groups excluding carboxylic acids is 3. The molecule has 11 heteroatoms. The summed E-state index contributed by atoms with van der Waals surface area (Å²) < 4.78 is 4.85. The summed E-state index contributed by atoms with van der Waals surface area (Å²) in [5.74, 6) is 2.10. The Bertz CT molecular complexity index is 2580. The standard InChI is InChI=1S/C47H53N7O4/c1-7-22-53(46(56)43(52-47(57)58-6)31-12-10-9-11-13-31)27-40-48-38-20-16-34-24-32(14-18-36(34)44(38)50-40)33-15-19-37-35(25-33)17-21-39-45(37)51-41(49-39)28-54(26-29(3)4)42(55)23-30(5)8-2/h9-21,24-25,29-30,43H,7-8,22-23,26-28H2,1-6H3,(H,48,50)(H,49,51)(H,52,57)/t30-,43+/m0/s1. The molecule has 0 unspecified atom stereocenters. The SMILES string of the molecule is CCCN(Cc1nc2ccc3cc(-c4ccc5c(ccc6nc(CN(CC(C)C)C(=O)C[C@@H](C)CC)[nH]c65)c4)ccc3c2[nH]1)C(=O)[C@H](NC(=O)OC)c1ccccc1. The molecule has 11 nitrogen and oxygen atoms in total. The molecule has 0 saturated carbocycles. The number of hydrogen-bond donors (Lipinski definition) is 3. The van der Waals surface area contributed by atoms with Crippen molar-refractivity contribution in [2.45, 2.75) is 73.0 Å². The molecule has 0 spiro atoms. The Balaban J connectivity index is 1.13. The highest BCUT2D eigenvalue weighted by molar-refractivity contribution is 6.07. The van der Waals surface area contributed by atoms with Gasteiger partial charge in [-0.1, -0.05) is 108 Å². The van der Waals surface area contributed by atoms with Crippen LogP contribution in [0.1, 0.15) is 77.1 Å². The minimum atomic E-state index is -0.899. The number of H-pyrrole nitrogens is 2. The number of hydrogen-bond acceptors (Lipinski definition) is 6. The second kappa shape index (κ2) is 17.5. The van der Waals surface area contributed by atoms with Gasteiger partial charge in [-0.05, 0) is 70.0 Å². The van der Waals surface area contributed by atoms with Crippen molar-refractivity contribution in [3.8, 4) is 11.1 Å². The van der Waals surface area contributed by atoms with Crippen LogP contribution in [0.15, 0.2) is 91.0 Å². The van der Waals surface area contributed by atoms with Crippen molar-refractivity contribution >= 4 is 61.5 Å². The topological polar surface area (TPSA) is 136 Å². The van der Waals surface area contributed by atoms with Crippen LogP contribution >= 0.6 is 0 Å². The minimum absolute atomic E-state index is 0.177. The number of nitrogens with one attached hydrogen (secondary N) is 3. The molecule has 5 aromatic carbocycles. The zero-order valence-electron chi connectivity index (χ0n) is 34.3. The smallest absolute Gasteiger partial charge is 0.407 e. The number of nitrogens with zero attached hydrogens (tertiary/aromatic N) is 4. The number of imidazole rings is 2. The summed E-state index contributed by atoms with van der Waals surface area (Å²) in [5.41, 5.74) is 6.44. The number of rotatable bonds is 15. The van der Waals surface area contributed by atoms with Gasteiger partial charge in [-0.2, -0.15) is 0 Å². The van der Waals surface area contributed by atoms with Crippen molar-refractivity contribution in [3.05, 3.63) is 108 Å². The summed E-state index contributed by atoms with van der Waals surface area (Å²) >= 11 is 0. The highest BCUT2D eigenvalue weighted by Gasteiger charge is 2.28. The van der Waals surface area contributed by atoms with Gasteiger partial charge in [0.05, 0.1) is 42.3 Å². The van der Waals surface area contributed by atoms with Crippen LogP contribution in [0.2, 0.25) is 0 Å². The van der Waals surface area contributed by atoms with E-state index in [1.807, 2.05) is 48.2 Å². The van der Waals surface area contributed by atoms with Gasteiger partial charge in [0.2, 0.25) is 11.8 Å². The van der Waals surface area contributed by atoms with Gasteiger partial charge in [0.1, 0.15) is 17.7 Å². The number of benzene rings is 5. The summed E-state index contributed by atoms with van der Waals surface area (Å²) in [6.07, 6.45) is 1.59. The molecular formula is C47H53N7O4. The molecule has 2 aromatic heterocycles. The monoisotopic (exact) mass is 779 g/mol. The Kier molecular flexibility index (Phi) is 12.1. The van der Waals surface area contributed by atoms with Crippen LogP contribution in [0.3, 0.4) is 0 Å². The van der Waals surface area contributed by atoms with E-state index in [1.165, 1.54) is 7.11 Å². The molecule has 0 bridgehead atoms. The lowest BCUT2D eigenvalue weighted by molar-refractivity contribution is -0.134. The molecule has 0 aliphatic rings. The second-order valence-corrected chi connectivity index (χ2v) is 15.8. The normalized spacial score (nSPS) is 12.7. The molecule has 3 amide bonds. The molecule has 0 fully saturated rings. The zero-order chi connectivity index (χ0) is 40.9. The average Bonchev–Trinajstić information content (AvgIpc) is 3.85. The van der Waals surface area contributed by atoms with Gasteiger partial charge in [0, 0.05) is 30.3 Å². The molecular weight excluding hydrogens is 727 g/mol. The van der Waals surface area contributed by atoms with Crippen LogP contribution in [-0.4, -0.2) is 67.8 Å². The summed E-state index contributed by atoms with van der Waals surface area (Å²) in [7, 11) is 1.28. The van der Waals surface area contributed by atoms with E-state index in [0.717, 1.165) is 73.4 Å². The summed E-state index contributed by atoms with van der Waals surface area (Å²) in [5, 5.41) is 7.00. The fourth-order valence-electron chi connectivity index (χ4n) is 7.69. The van der Waals surface area contributed by atoms with Gasteiger partial charge in [-0.25, -0.2) is 14.8 Å². The average molecular weight is 780 g/mol. The van der Waals surface area contributed by atoms with Gasteiger partial charge < -0.3 is 29.8 Å². The molecule has 7 rings (SSSR count). The van der Waals surface area contributed by atoms with Crippen molar-refractivity contribution in [1.82, 2.24) is 35.1 Å². The first-order chi connectivity index (χ1) is 28.0. The molecule has 0 aliphatic heterocycles. The maximum Gasteiger partial charge on any atom is 0.407 e. The molecule has 2 atom stereocenters. The van der Waals surface area contributed by atoms with E-state index >= 15 is 0 Å². The number of aromatic nitrogens is 4. The van der Waals surface area contributed by atoms with Crippen LogP contribution in [0.4, 0.5) is 4.79 Å². The molecule has 7 aromatic rings. The first-order valence-electron chi connectivity index (χ1n) is 20.3. The molecule has 0 saturated heterocycles. The van der Waals surface area contributed by atoms with Crippen LogP contribution < -0.4 is 5.32 Å². The van der Waals surface area contributed by atoms with Crippen molar-refractivity contribution in [2.24, 2.45) is 11.8 Å². The Morgan fingerprint density at radius 2 is 1.31 bits per heavy atom. The van der Waals surface area contributed by atoms with Crippen molar-refractivity contribution in [2.75, 3.05) is 20.2 Å². The molecule has 0 radical (unpaired) electrons. The van der Waals surface area contributed by atoms with Crippen molar-refractivity contribution < 1.29 is 19.1 Å². The number of alkyl carbamates (subject to hydrolysis) is 1. The fraction of sp³-hybridized carbons (Fsp3) is 0.340. The maximum absolute atomic E-state index is 14.0. The number of ether oxygens (including phenoxy) is 1. The van der Waals surface area contributed by atoms with E-state index in [0.29, 0.717) is 49.3 Å². The van der Waals surface area contributed by atoms with Crippen molar-refractivity contribution in [1.29, 1.82) is 0 Å². The number of carbonyl (C=O) groups is 3. The Morgan fingerprint density at radius 1 is 0.741 bits per heavy atom. The lowest BCUT2D eigenvalue weighted by atomic mass is 9.98. The highest BCUT2D eigenvalue weighted by Crippen LogP contribution is 2.33. The van der Waals surface area contributed by atoms with Crippen LogP contribution in [0.5, 0.6) is 0 Å². The molecule has 58 heavy (non-hydrogen) atoms. The number of amides is 3. The molecule has 2 heterocycles. The van der Waals surface area contributed by atoms with Gasteiger partial charge in [-0.15, -0.1) is 0 Å². The lowest BCUT2D eigenvalue weighted by Gasteiger charge is -2.27. The number of methoxy groups -OCH3 is 1. The van der Waals surface area contributed by atoms with Gasteiger partial charge in [-0.3, -0.25) is 9.59 Å². The third-order valence-corrected chi connectivity index (χ3v) is 10.9. The molecule has 300 valence electrons. The lowest BCUT2D eigenvalue weighted by Crippen LogP contribution is -2.43. The largest absolute Gasteiger partial charge is 0.453 e. The second-order valence-electron chi connectivity index (χ2n) is 15.8. The van der Waals surface area contributed by atoms with E-state index in [4.69, 9.17) is 14.7 Å². The van der Waals surface area contributed by atoms with E-state index < -0.39 is 12.1 Å². The van der Waals surface area contributed by atoms with Gasteiger partial charge in [0.15, 0.2) is 0 Å². The molecule has 3 N–H and O–H groups in total. The Hall–Kier alpha value is -6.23. The van der Waals surface area contributed by atoms with Gasteiger partial charge >= 0.3 is 6.09 Å². The summed E-state index contributed by atoms with van der Waals surface area (Å²) in [6.45, 7) is 12.4. The Morgan fingerprint density at radius 3 is 1.83 bits per heavy atom. The van der Waals surface area contributed by atoms with E-state index in [1.54, 1.807) is 4.90 Å². The fourth-order valence-corrected chi connectivity index (χ4v) is 7.69. The highest BCUT2D eigenvalue weighted by atomic mass is 16.5. The van der Waals surface area contributed by atoms with E-state index in [-0.39, 0.29) is 18.4 Å². The maximum atomic E-state index is 14.0. The minimum Gasteiger partial charge on any atom is -0.453 e. The van der Waals surface area contributed by atoms with E-state index in [9.17, 15) is 14.4 Å². The number of fused-ring (bicyclic) bond motifs is 6. The molecule has 0 aliphatic carbocycles. The summed E-state index contributed by atoms with van der Waals surface area (Å²) in [4.78, 5) is 60.0. The van der Waals surface area contributed by atoms with Crippen LogP contribution in [0, 0.1) is 11.8 Å². The van der Waals surface area contributed by atoms with Crippen LogP contribution in [-0.2, 0) is 27.4 Å². The van der Waals surface area contributed by atoms with Gasteiger partial charge in [0.25, 0.3) is 0 Å². The van der Waals surface area contributed by atoms with E-state index in [2.05, 4.69) is 97.6 Å².